The van der Waals surface area contributed by atoms with Gasteiger partial charge in [-0.3, -0.25) is 0 Å². The lowest BCUT2D eigenvalue weighted by Crippen LogP contribution is -2.36. The monoisotopic (exact) mass is 431 g/mol. The first kappa shape index (κ1) is 20.2. The van der Waals surface area contributed by atoms with E-state index in [-0.39, 0.29) is 0 Å². The van der Waals surface area contributed by atoms with Crippen LogP contribution < -0.4 is 15.5 Å². The number of rotatable bonds is 6. The van der Waals surface area contributed by atoms with E-state index in [1.54, 1.807) is 0 Å². The lowest BCUT2D eigenvalue weighted by molar-refractivity contribution is 0.352. The number of anilines is 2. The van der Waals surface area contributed by atoms with Crippen molar-refractivity contribution in [1.82, 2.24) is 15.3 Å². The Morgan fingerprint density at radius 2 is 1.61 bits per heavy atom. The summed E-state index contributed by atoms with van der Waals surface area (Å²) in [4.78, 5) is 11.6. The van der Waals surface area contributed by atoms with E-state index in [2.05, 4.69) is 57.3 Å². The van der Waals surface area contributed by atoms with Gasteiger partial charge in [0.15, 0.2) is 0 Å². The molecular weight excluding hydrogens is 402 g/mol. The summed E-state index contributed by atoms with van der Waals surface area (Å²) in [5, 5.41) is 12.2. The first-order chi connectivity index (χ1) is 15.2. The van der Waals surface area contributed by atoms with Gasteiger partial charge in [-0.25, -0.2) is 4.98 Å². The number of para-hydroxylation sites is 1. The molecule has 0 bridgehead atoms. The molecule has 0 unspecified atom stereocenters. The maximum absolute atomic E-state index is 4.80. The van der Waals surface area contributed by atoms with E-state index in [0.29, 0.717) is 12.1 Å². The Kier molecular flexibility index (Phi) is 5.74. The van der Waals surface area contributed by atoms with E-state index < -0.39 is 0 Å². The summed E-state index contributed by atoms with van der Waals surface area (Å²) < 4.78 is 1.37. The lowest BCUT2D eigenvalue weighted by Gasteiger charge is -2.30. The topological polar surface area (TPSA) is 53.1 Å². The largest absolute Gasteiger partial charge is 0.362 e. The van der Waals surface area contributed by atoms with Gasteiger partial charge < -0.3 is 15.5 Å². The van der Waals surface area contributed by atoms with Crippen molar-refractivity contribution in [1.29, 1.82) is 0 Å². The maximum atomic E-state index is 4.80. The lowest BCUT2D eigenvalue weighted by atomic mass is 9.91. The van der Waals surface area contributed by atoms with Gasteiger partial charge in [0.25, 0.3) is 0 Å². The van der Waals surface area contributed by atoms with Crippen molar-refractivity contribution < 1.29 is 0 Å². The maximum Gasteiger partial charge on any atom is 0.225 e. The second-order valence-electron chi connectivity index (χ2n) is 8.61. The number of benzene rings is 2. The number of hydrogen-bond donors (Lipinski definition) is 2. The van der Waals surface area contributed by atoms with E-state index in [4.69, 9.17) is 9.97 Å². The molecule has 0 spiro atoms. The van der Waals surface area contributed by atoms with Crippen LogP contribution >= 0.6 is 11.3 Å². The second kappa shape index (κ2) is 8.81. The number of thiophene rings is 1. The molecule has 2 aromatic heterocycles. The third kappa shape index (κ3) is 4.36. The number of nitrogens with one attached hydrogen (secondary N) is 2. The van der Waals surface area contributed by atoms with Crippen LogP contribution in [0.2, 0.25) is 0 Å². The third-order valence-electron chi connectivity index (χ3n) is 6.21. The molecule has 1 aliphatic rings. The normalized spacial score (nSPS) is 19.0. The quantitative estimate of drug-likeness (QED) is 0.427. The molecule has 5 nitrogen and oxygen atoms in total. The Balaban J connectivity index is 1.19. The molecule has 0 atom stereocenters. The number of nitrogens with zero attached hydrogens (tertiary/aromatic N) is 3. The third-order valence-corrected chi connectivity index (χ3v) is 7.22. The highest BCUT2D eigenvalue weighted by molar-refractivity contribution is 7.17. The molecule has 2 aromatic carbocycles. The molecule has 0 saturated heterocycles. The summed E-state index contributed by atoms with van der Waals surface area (Å²) in [5.41, 5.74) is 2.41. The zero-order valence-electron chi connectivity index (χ0n) is 18.1. The first-order valence-corrected chi connectivity index (χ1v) is 11.9. The van der Waals surface area contributed by atoms with Crippen LogP contribution in [-0.2, 0) is 6.54 Å². The van der Waals surface area contributed by atoms with Gasteiger partial charge in [-0.05, 0) is 60.2 Å². The van der Waals surface area contributed by atoms with Gasteiger partial charge in [-0.1, -0.05) is 30.3 Å². The van der Waals surface area contributed by atoms with Crippen LogP contribution in [0, 0.1) is 0 Å². The van der Waals surface area contributed by atoms with Gasteiger partial charge in [0.1, 0.15) is 5.82 Å². The molecule has 160 valence electrons. The van der Waals surface area contributed by atoms with Crippen LogP contribution in [0.4, 0.5) is 11.8 Å². The summed E-state index contributed by atoms with van der Waals surface area (Å²) in [6.07, 6.45) is 4.62. The van der Waals surface area contributed by atoms with Crippen molar-refractivity contribution in [2.75, 3.05) is 24.3 Å². The zero-order chi connectivity index (χ0) is 21.2. The van der Waals surface area contributed by atoms with Crippen LogP contribution in [-0.4, -0.2) is 36.1 Å². The fraction of sp³-hybridized carbons (Fsp3) is 0.360. The van der Waals surface area contributed by atoms with Crippen LogP contribution in [0.3, 0.4) is 0 Å². The predicted molar refractivity (Wildman–Crippen MR) is 132 cm³/mol. The fourth-order valence-electron chi connectivity index (χ4n) is 4.51. The van der Waals surface area contributed by atoms with Crippen molar-refractivity contribution in [2.24, 2.45) is 0 Å². The van der Waals surface area contributed by atoms with E-state index in [1.807, 2.05) is 37.6 Å². The molecule has 1 saturated carbocycles. The average Bonchev–Trinajstić information content (AvgIpc) is 3.21. The van der Waals surface area contributed by atoms with Crippen molar-refractivity contribution >= 4 is 44.1 Å². The number of fused-ring (bicyclic) bond motifs is 2. The highest BCUT2D eigenvalue weighted by Crippen LogP contribution is 2.28. The SMILES string of the molecule is CN(C)c1nc(NC2CCC(NCc3csc4ccccc34)CC2)nc2ccccc12. The van der Waals surface area contributed by atoms with Gasteiger partial charge in [-0.15, -0.1) is 11.3 Å². The van der Waals surface area contributed by atoms with Gasteiger partial charge >= 0.3 is 0 Å². The Hall–Kier alpha value is -2.70. The Morgan fingerprint density at radius 1 is 0.903 bits per heavy atom. The van der Waals surface area contributed by atoms with Crippen molar-refractivity contribution in [2.45, 2.75) is 44.3 Å². The minimum atomic E-state index is 0.427. The van der Waals surface area contributed by atoms with Crippen LogP contribution in [0.1, 0.15) is 31.2 Å². The Morgan fingerprint density at radius 3 is 2.42 bits per heavy atom. The summed E-state index contributed by atoms with van der Waals surface area (Å²) in [7, 11) is 4.07. The van der Waals surface area contributed by atoms with E-state index >= 15 is 0 Å². The van der Waals surface area contributed by atoms with Crippen LogP contribution in [0.15, 0.2) is 53.9 Å². The van der Waals surface area contributed by atoms with E-state index in [1.165, 1.54) is 28.5 Å². The van der Waals surface area contributed by atoms with E-state index in [0.717, 1.165) is 42.1 Å². The Bertz CT molecular complexity index is 1180. The van der Waals surface area contributed by atoms with E-state index in [9.17, 15) is 0 Å². The molecule has 6 heteroatoms. The Labute approximate surface area is 187 Å². The van der Waals surface area contributed by atoms with Gasteiger partial charge in [-0.2, -0.15) is 4.98 Å². The predicted octanol–water partition coefficient (Wildman–Crippen LogP) is 5.42. The molecule has 0 radical (unpaired) electrons. The summed E-state index contributed by atoms with van der Waals surface area (Å²) in [5.74, 6) is 1.70. The molecule has 1 aliphatic carbocycles. The first-order valence-electron chi connectivity index (χ1n) is 11.1. The fourth-order valence-corrected chi connectivity index (χ4v) is 5.48. The van der Waals surface area contributed by atoms with Gasteiger partial charge in [0.2, 0.25) is 5.95 Å². The molecule has 2 N–H and O–H groups in total. The molecule has 4 aromatic rings. The minimum absolute atomic E-state index is 0.427. The number of aromatic nitrogens is 2. The standard InChI is InChI=1S/C25H29N5S/c1-30(2)24-21-8-3-5-9-22(21)28-25(29-24)27-19-13-11-18(12-14-19)26-15-17-16-31-23-10-6-4-7-20(17)23/h3-10,16,18-19,26H,11-15H2,1-2H3,(H,27,28,29). The highest BCUT2D eigenvalue weighted by atomic mass is 32.1. The van der Waals surface area contributed by atoms with Crippen molar-refractivity contribution in [3.63, 3.8) is 0 Å². The molecule has 0 aliphatic heterocycles. The zero-order valence-corrected chi connectivity index (χ0v) is 19.0. The van der Waals surface area contributed by atoms with Gasteiger partial charge in [0.05, 0.1) is 5.52 Å². The highest BCUT2D eigenvalue weighted by Gasteiger charge is 2.22. The molecule has 31 heavy (non-hydrogen) atoms. The smallest absolute Gasteiger partial charge is 0.225 e. The summed E-state index contributed by atoms with van der Waals surface area (Å²) in [6, 6.07) is 17.9. The molecule has 2 heterocycles. The van der Waals surface area contributed by atoms with Crippen molar-refractivity contribution in [3.05, 3.63) is 59.5 Å². The molecule has 0 amide bonds. The molecule has 1 fully saturated rings. The van der Waals surface area contributed by atoms with Gasteiger partial charge in [0, 0.05) is 42.8 Å². The van der Waals surface area contributed by atoms with Crippen LogP contribution in [0.25, 0.3) is 21.0 Å². The summed E-state index contributed by atoms with van der Waals surface area (Å²) >= 11 is 1.84. The molecular formula is C25H29N5S. The number of hydrogen-bond acceptors (Lipinski definition) is 6. The summed E-state index contributed by atoms with van der Waals surface area (Å²) in [6.45, 7) is 0.951. The van der Waals surface area contributed by atoms with Crippen LogP contribution in [0.5, 0.6) is 0 Å². The second-order valence-corrected chi connectivity index (χ2v) is 9.52. The molecule has 5 rings (SSSR count). The van der Waals surface area contributed by atoms with Crippen molar-refractivity contribution in [3.8, 4) is 0 Å². The average molecular weight is 432 g/mol. The minimum Gasteiger partial charge on any atom is -0.362 e.